The van der Waals surface area contributed by atoms with E-state index in [1.807, 2.05) is 30.3 Å². The Morgan fingerprint density at radius 2 is 1.82 bits per heavy atom. The van der Waals surface area contributed by atoms with Crippen LogP contribution < -0.4 is 21.2 Å². The molecule has 0 amide bonds. The molecule has 0 unspecified atom stereocenters. The van der Waals surface area contributed by atoms with Gasteiger partial charge in [-0.1, -0.05) is 0 Å². The van der Waals surface area contributed by atoms with Crippen LogP contribution in [0.2, 0.25) is 0 Å². The number of aromatic carboxylic acids is 1. The molecule has 0 saturated carbocycles. The third-order valence-corrected chi connectivity index (χ3v) is 4.92. The fraction of sp³-hybridized carbons (Fsp3) is 0. The Balaban J connectivity index is 2.37. The quantitative estimate of drug-likeness (QED) is 0.774. The summed E-state index contributed by atoms with van der Waals surface area (Å²) in [4.78, 5) is 11.0. The van der Waals surface area contributed by atoms with E-state index in [2.05, 4.69) is 0 Å². The number of carbonyl (C=O) groups is 1. The molecule has 0 spiro atoms. The van der Waals surface area contributed by atoms with Crippen LogP contribution in [-0.4, -0.2) is 11.1 Å². The van der Waals surface area contributed by atoms with Gasteiger partial charge in [-0.05, 0) is 0 Å². The molecule has 0 saturated heterocycles. The predicted octanol–water partition coefficient (Wildman–Crippen LogP) is -0.348. The molecule has 0 atom stereocenters. The monoisotopic (exact) mass is 343 g/mol. The molecule has 88 valence electrons. The van der Waals surface area contributed by atoms with Crippen molar-refractivity contribution in [3.8, 4) is 0 Å². The van der Waals surface area contributed by atoms with Crippen molar-refractivity contribution in [3.05, 3.63) is 67.1 Å². The number of benzene rings is 2. The van der Waals surface area contributed by atoms with Crippen molar-refractivity contribution in [1.82, 2.24) is 0 Å². The first kappa shape index (κ1) is 12.0. The van der Waals surface area contributed by atoms with Crippen LogP contribution in [0, 0.1) is 13.0 Å². The number of hydrogen-bond acceptors (Lipinski definition) is 1. The Hall–Kier alpha value is -1.43. The number of carboxylic acid groups (broad SMARTS) is 1. The van der Waals surface area contributed by atoms with Crippen molar-refractivity contribution >= 4 is 5.97 Å². The summed E-state index contributed by atoms with van der Waals surface area (Å²) >= 11 is -0.664. The molecule has 2 rings (SSSR count). The van der Waals surface area contributed by atoms with Crippen molar-refractivity contribution < 1.29 is 35.5 Å². The van der Waals surface area contributed by atoms with Crippen molar-refractivity contribution in [2.45, 2.75) is 0 Å². The molecule has 2 nitrogen and oxygen atoms in total. The summed E-state index contributed by atoms with van der Waals surface area (Å²) in [5.41, 5.74) is 0.197. The normalized spacial score (nSPS) is 10.4. The number of halogens is 2. The third-order valence-electron chi connectivity index (χ3n) is 2.11. The minimum atomic E-state index is -1.00. The predicted molar refractivity (Wildman–Crippen MR) is 57.2 cm³/mol. The molecule has 0 bridgehead atoms. The molecule has 0 aromatic heterocycles. The maximum atomic E-state index is 13.1. The summed E-state index contributed by atoms with van der Waals surface area (Å²) in [6.45, 7) is 0. The van der Waals surface area contributed by atoms with E-state index in [0.717, 1.165) is 3.57 Å². The van der Waals surface area contributed by atoms with Gasteiger partial charge in [0.2, 0.25) is 0 Å². The van der Waals surface area contributed by atoms with Gasteiger partial charge in [0.15, 0.2) is 0 Å². The van der Waals surface area contributed by atoms with Crippen LogP contribution in [0.5, 0.6) is 0 Å². The fourth-order valence-corrected chi connectivity index (χ4v) is 3.94. The molecule has 2 aromatic carbocycles. The van der Waals surface area contributed by atoms with E-state index in [1.165, 1.54) is 18.2 Å². The van der Waals surface area contributed by atoms with Crippen molar-refractivity contribution in [1.29, 1.82) is 0 Å². The van der Waals surface area contributed by atoms with E-state index in [-0.39, 0.29) is 11.4 Å². The van der Waals surface area contributed by atoms with Crippen LogP contribution in [0.1, 0.15) is 10.4 Å². The van der Waals surface area contributed by atoms with E-state index < -0.39 is 27.2 Å². The van der Waals surface area contributed by atoms with Gasteiger partial charge in [0.05, 0.1) is 0 Å². The fourth-order valence-electron chi connectivity index (χ4n) is 1.34. The average molecular weight is 343 g/mol. The Morgan fingerprint density at radius 1 is 1.12 bits per heavy atom. The molecular formula is C13H9FIO2-. The van der Waals surface area contributed by atoms with Gasteiger partial charge >= 0.3 is 109 Å². The van der Waals surface area contributed by atoms with E-state index in [1.54, 1.807) is 0 Å². The summed E-state index contributed by atoms with van der Waals surface area (Å²) in [7, 11) is 0. The van der Waals surface area contributed by atoms with Crippen LogP contribution >= 0.6 is 0 Å². The van der Waals surface area contributed by atoms with Crippen LogP contribution in [0.4, 0.5) is 4.39 Å². The van der Waals surface area contributed by atoms with Crippen molar-refractivity contribution in [2.24, 2.45) is 0 Å². The van der Waals surface area contributed by atoms with Crippen molar-refractivity contribution in [3.63, 3.8) is 0 Å². The Bertz CT molecular complexity index is 540. The summed E-state index contributed by atoms with van der Waals surface area (Å²) in [5.74, 6) is -1.39. The molecule has 1 N–H and O–H groups in total. The zero-order valence-electron chi connectivity index (χ0n) is 8.73. The van der Waals surface area contributed by atoms with Crippen LogP contribution in [0.15, 0.2) is 48.5 Å². The average Bonchev–Trinajstić information content (AvgIpc) is 2.30. The number of hydrogen-bond donors (Lipinski definition) is 1. The van der Waals surface area contributed by atoms with Gasteiger partial charge in [-0.2, -0.15) is 0 Å². The zero-order chi connectivity index (χ0) is 12.3. The number of rotatable bonds is 3. The Morgan fingerprint density at radius 3 is 2.47 bits per heavy atom. The molecule has 0 aliphatic rings. The van der Waals surface area contributed by atoms with Crippen LogP contribution in [0.3, 0.4) is 0 Å². The molecule has 0 fully saturated rings. The molecule has 17 heavy (non-hydrogen) atoms. The second-order valence-corrected chi connectivity index (χ2v) is 6.27. The molecule has 0 aliphatic heterocycles. The van der Waals surface area contributed by atoms with Gasteiger partial charge in [-0.25, -0.2) is 0 Å². The SMILES string of the molecule is O=C(O)c1ccc(F)cc1[I-]c1ccccc1. The van der Waals surface area contributed by atoms with Gasteiger partial charge < -0.3 is 0 Å². The van der Waals surface area contributed by atoms with Gasteiger partial charge in [0.1, 0.15) is 0 Å². The van der Waals surface area contributed by atoms with Gasteiger partial charge in [-0.3, -0.25) is 0 Å². The Labute approximate surface area is 108 Å². The van der Waals surface area contributed by atoms with Gasteiger partial charge in [0.25, 0.3) is 0 Å². The first-order chi connectivity index (χ1) is 8.16. The van der Waals surface area contributed by atoms with E-state index in [9.17, 15) is 9.18 Å². The zero-order valence-corrected chi connectivity index (χ0v) is 10.9. The minimum absolute atomic E-state index is 0.197. The topological polar surface area (TPSA) is 37.3 Å². The second-order valence-electron chi connectivity index (χ2n) is 3.32. The van der Waals surface area contributed by atoms with Crippen LogP contribution in [-0.2, 0) is 0 Å². The molecule has 4 heteroatoms. The van der Waals surface area contributed by atoms with Gasteiger partial charge in [0, 0.05) is 0 Å². The summed E-state index contributed by atoms with van der Waals surface area (Å²) < 4.78 is 14.8. The summed E-state index contributed by atoms with van der Waals surface area (Å²) in [6.07, 6.45) is 0. The van der Waals surface area contributed by atoms with E-state index in [4.69, 9.17) is 5.11 Å². The molecular weight excluding hydrogens is 334 g/mol. The summed E-state index contributed by atoms with van der Waals surface area (Å²) in [5, 5.41) is 9.03. The molecule has 2 aromatic rings. The third kappa shape index (κ3) is 3.03. The molecule has 0 aliphatic carbocycles. The second kappa shape index (κ2) is 5.27. The van der Waals surface area contributed by atoms with Crippen molar-refractivity contribution in [2.75, 3.05) is 0 Å². The number of carboxylic acids is 1. The van der Waals surface area contributed by atoms with E-state index >= 15 is 0 Å². The Kier molecular flexibility index (Phi) is 3.73. The molecule has 0 radical (unpaired) electrons. The summed E-state index contributed by atoms with van der Waals surface area (Å²) in [6, 6.07) is 13.4. The maximum absolute atomic E-state index is 13.1. The van der Waals surface area contributed by atoms with Gasteiger partial charge in [-0.15, -0.1) is 0 Å². The van der Waals surface area contributed by atoms with Crippen LogP contribution in [0.25, 0.3) is 0 Å². The molecule has 0 heterocycles. The standard InChI is InChI=1S/C13H9FIO2/c14-9-6-7-11(13(16)17)12(8-9)15-10-4-2-1-3-5-10/h1-8H,(H,16,17)/q-1. The first-order valence-corrected chi connectivity index (χ1v) is 7.05. The first-order valence-electron chi connectivity index (χ1n) is 4.89. The van der Waals surface area contributed by atoms with E-state index in [0.29, 0.717) is 3.57 Å².